The molecule has 2 nitrogen and oxygen atoms in total. The van der Waals surface area contributed by atoms with Crippen LogP contribution in [0.25, 0.3) is 6.08 Å². The number of ketones is 1. The van der Waals surface area contributed by atoms with Gasteiger partial charge < -0.3 is 5.11 Å². The SMILES string of the molecule is O=C(/C=C/c1ccc(Cl)cc1Cl)c1cccc(Br)c1O. The number of carbonyl (C=O) groups excluding carboxylic acids is 1. The van der Waals surface area contributed by atoms with Gasteiger partial charge in [0, 0.05) is 10.0 Å². The third-order valence-electron chi connectivity index (χ3n) is 2.63. The normalized spacial score (nSPS) is 10.9. The van der Waals surface area contributed by atoms with Crippen molar-refractivity contribution in [2.45, 2.75) is 0 Å². The highest BCUT2D eigenvalue weighted by Gasteiger charge is 2.10. The summed E-state index contributed by atoms with van der Waals surface area (Å²) in [6, 6.07) is 9.90. The summed E-state index contributed by atoms with van der Waals surface area (Å²) < 4.78 is 0.473. The molecule has 0 aliphatic carbocycles. The lowest BCUT2D eigenvalue weighted by atomic mass is 10.1. The summed E-state index contributed by atoms with van der Waals surface area (Å²) in [5.74, 6) is -0.390. The van der Waals surface area contributed by atoms with Crippen molar-refractivity contribution in [1.82, 2.24) is 0 Å². The Kier molecular flexibility index (Phi) is 4.86. The Morgan fingerprint density at radius 1 is 1.20 bits per heavy atom. The van der Waals surface area contributed by atoms with E-state index < -0.39 is 0 Å². The molecule has 0 fully saturated rings. The lowest BCUT2D eigenvalue weighted by molar-refractivity contribution is 0.104. The van der Waals surface area contributed by atoms with E-state index in [2.05, 4.69) is 15.9 Å². The smallest absolute Gasteiger partial charge is 0.189 e. The Morgan fingerprint density at radius 2 is 1.95 bits per heavy atom. The highest BCUT2D eigenvalue weighted by molar-refractivity contribution is 9.10. The van der Waals surface area contributed by atoms with Gasteiger partial charge in [0.15, 0.2) is 5.78 Å². The van der Waals surface area contributed by atoms with E-state index in [-0.39, 0.29) is 17.1 Å². The number of phenolic OH excluding ortho intramolecular Hbond substituents is 1. The Balaban J connectivity index is 2.27. The Bertz CT molecular complexity index is 696. The minimum atomic E-state index is -0.310. The van der Waals surface area contributed by atoms with E-state index >= 15 is 0 Å². The summed E-state index contributed by atoms with van der Waals surface area (Å²) in [6.07, 6.45) is 2.94. The van der Waals surface area contributed by atoms with Gasteiger partial charge in [-0.1, -0.05) is 35.3 Å². The fourth-order valence-corrected chi connectivity index (χ4v) is 2.44. The topological polar surface area (TPSA) is 37.3 Å². The number of allylic oxidation sites excluding steroid dienone is 1. The van der Waals surface area contributed by atoms with E-state index in [0.717, 1.165) is 0 Å². The summed E-state index contributed by atoms with van der Waals surface area (Å²) in [7, 11) is 0. The minimum absolute atomic E-state index is 0.0793. The van der Waals surface area contributed by atoms with Crippen LogP contribution in [0.3, 0.4) is 0 Å². The molecule has 0 aliphatic rings. The predicted molar refractivity (Wildman–Crippen MR) is 85.6 cm³/mol. The molecule has 2 rings (SSSR count). The van der Waals surface area contributed by atoms with Crippen LogP contribution >= 0.6 is 39.1 Å². The maximum atomic E-state index is 12.0. The molecule has 0 bridgehead atoms. The quantitative estimate of drug-likeness (QED) is 0.582. The van der Waals surface area contributed by atoms with Crippen molar-refractivity contribution in [3.8, 4) is 5.75 Å². The molecule has 0 saturated carbocycles. The average molecular weight is 372 g/mol. The van der Waals surface area contributed by atoms with Crippen LogP contribution in [0.5, 0.6) is 5.75 Å². The van der Waals surface area contributed by atoms with E-state index in [1.165, 1.54) is 6.08 Å². The maximum absolute atomic E-state index is 12.0. The number of hydrogen-bond acceptors (Lipinski definition) is 2. The zero-order chi connectivity index (χ0) is 14.7. The lowest BCUT2D eigenvalue weighted by Gasteiger charge is -2.02. The van der Waals surface area contributed by atoms with Gasteiger partial charge in [-0.05, 0) is 57.9 Å². The van der Waals surface area contributed by atoms with Crippen LogP contribution < -0.4 is 0 Å². The van der Waals surface area contributed by atoms with E-state index in [9.17, 15) is 9.90 Å². The molecule has 0 heterocycles. The summed E-state index contributed by atoms with van der Waals surface area (Å²) in [5, 5.41) is 10.8. The van der Waals surface area contributed by atoms with Gasteiger partial charge in [-0.3, -0.25) is 4.79 Å². The van der Waals surface area contributed by atoms with Gasteiger partial charge in [-0.25, -0.2) is 0 Å². The molecule has 1 N–H and O–H groups in total. The summed E-state index contributed by atoms with van der Waals surface area (Å²) in [5.41, 5.74) is 0.902. The van der Waals surface area contributed by atoms with E-state index in [0.29, 0.717) is 20.1 Å². The van der Waals surface area contributed by atoms with Gasteiger partial charge in [0.2, 0.25) is 0 Å². The number of rotatable bonds is 3. The molecule has 0 saturated heterocycles. The predicted octanol–water partition coefficient (Wildman–Crippen LogP) is 5.36. The van der Waals surface area contributed by atoms with Crippen molar-refractivity contribution in [3.05, 3.63) is 68.1 Å². The molecule has 102 valence electrons. The fraction of sp³-hybridized carbons (Fsp3) is 0. The molecule has 0 amide bonds. The summed E-state index contributed by atoms with van der Waals surface area (Å²) in [4.78, 5) is 12.0. The average Bonchev–Trinajstić information content (AvgIpc) is 2.40. The Labute approximate surface area is 134 Å². The highest BCUT2D eigenvalue weighted by Crippen LogP contribution is 2.28. The van der Waals surface area contributed by atoms with Crippen molar-refractivity contribution in [1.29, 1.82) is 0 Å². The molecule has 0 unspecified atom stereocenters. The lowest BCUT2D eigenvalue weighted by Crippen LogP contribution is -1.95. The second kappa shape index (κ2) is 6.44. The molecule has 0 aromatic heterocycles. The van der Waals surface area contributed by atoms with Gasteiger partial charge in [0.1, 0.15) is 5.75 Å². The monoisotopic (exact) mass is 370 g/mol. The van der Waals surface area contributed by atoms with Crippen molar-refractivity contribution in [3.63, 3.8) is 0 Å². The number of halogens is 3. The molecule has 20 heavy (non-hydrogen) atoms. The molecule has 5 heteroatoms. The molecule has 2 aromatic carbocycles. The second-order valence-electron chi connectivity index (χ2n) is 4.00. The van der Waals surface area contributed by atoms with Crippen molar-refractivity contribution in [2.24, 2.45) is 0 Å². The fourth-order valence-electron chi connectivity index (χ4n) is 1.61. The van der Waals surface area contributed by atoms with Crippen LogP contribution in [-0.2, 0) is 0 Å². The largest absolute Gasteiger partial charge is 0.506 e. The molecule has 0 radical (unpaired) electrons. The first-order valence-electron chi connectivity index (χ1n) is 5.64. The minimum Gasteiger partial charge on any atom is -0.506 e. The van der Waals surface area contributed by atoms with Gasteiger partial charge in [-0.2, -0.15) is 0 Å². The highest BCUT2D eigenvalue weighted by atomic mass is 79.9. The number of phenols is 1. The zero-order valence-corrected chi connectivity index (χ0v) is 13.2. The number of benzene rings is 2. The van der Waals surface area contributed by atoms with Crippen LogP contribution in [0.1, 0.15) is 15.9 Å². The van der Waals surface area contributed by atoms with Crippen molar-refractivity contribution < 1.29 is 9.90 Å². The van der Waals surface area contributed by atoms with Crippen LogP contribution in [0.2, 0.25) is 10.0 Å². The third-order valence-corrected chi connectivity index (χ3v) is 3.83. The molecule has 0 spiro atoms. The second-order valence-corrected chi connectivity index (χ2v) is 5.70. The van der Waals surface area contributed by atoms with Crippen LogP contribution in [0, 0.1) is 0 Å². The van der Waals surface area contributed by atoms with E-state index in [1.807, 2.05) is 0 Å². The van der Waals surface area contributed by atoms with Gasteiger partial charge in [-0.15, -0.1) is 0 Å². The number of aromatic hydroxyl groups is 1. The van der Waals surface area contributed by atoms with Gasteiger partial charge in [0.25, 0.3) is 0 Å². The summed E-state index contributed by atoms with van der Waals surface area (Å²) in [6.45, 7) is 0. The first-order valence-corrected chi connectivity index (χ1v) is 7.19. The van der Waals surface area contributed by atoms with Crippen LogP contribution in [-0.4, -0.2) is 10.9 Å². The molecule has 2 aromatic rings. The molecule has 0 aliphatic heterocycles. The van der Waals surface area contributed by atoms with E-state index in [1.54, 1.807) is 42.5 Å². The van der Waals surface area contributed by atoms with Crippen LogP contribution in [0.4, 0.5) is 0 Å². The molecular formula is C15H9BrCl2O2. The standard InChI is InChI=1S/C15H9BrCl2O2/c16-12-3-1-2-11(15(12)20)14(19)7-5-9-4-6-10(17)8-13(9)18/h1-8,20H/b7-5+. The first kappa shape index (κ1) is 15.1. The third kappa shape index (κ3) is 3.42. The Morgan fingerprint density at radius 3 is 2.65 bits per heavy atom. The van der Waals surface area contributed by atoms with Crippen molar-refractivity contribution in [2.75, 3.05) is 0 Å². The van der Waals surface area contributed by atoms with Gasteiger partial charge >= 0.3 is 0 Å². The summed E-state index contributed by atoms with van der Waals surface area (Å²) >= 11 is 15.0. The number of para-hydroxylation sites is 1. The van der Waals surface area contributed by atoms with E-state index in [4.69, 9.17) is 23.2 Å². The molecular weight excluding hydrogens is 363 g/mol. The van der Waals surface area contributed by atoms with Crippen molar-refractivity contribution >= 4 is 51.0 Å². The van der Waals surface area contributed by atoms with Crippen LogP contribution in [0.15, 0.2) is 46.9 Å². The zero-order valence-electron chi connectivity index (χ0n) is 10.1. The maximum Gasteiger partial charge on any atom is 0.189 e. The number of hydrogen-bond donors (Lipinski definition) is 1. The Hall–Kier alpha value is -1.29. The molecule has 0 atom stereocenters. The first-order chi connectivity index (χ1) is 9.49. The number of carbonyl (C=O) groups is 1. The van der Waals surface area contributed by atoms with Gasteiger partial charge in [0.05, 0.1) is 10.0 Å².